The van der Waals surface area contributed by atoms with Gasteiger partial charge in [-0.05, 0) is 28.1 Å². The third-order valence-corrected chi connectivity index (χ3v) is 2.07. The molecule has 0 bridgehead atoms. The van der Waals surface area contributed by atoms with Crippen molar-refractivity contribution in [3.8, 4) is 0 Å². The summed E-state index contributed by atoms with van der Waals surface area (Å²) in [6.45, 7) is 0. The van der Waals surface area contributed by atoms with Crippen LogP contribution in [0.3, 0.4) is 0 Å². The maximum Gasteiger partial charge on any atom is 0.258 e. The first-order valence-corrected chi connectivity index (χ1v) is 4.83. The van der Waals surface area contributed by atoms with Gasteiger partial charge in [0.25, 0.3) is 5.91 Å². The second-order valence-electron chi connectivity index (χ2n) is 2.66. The van der Waals surface area contributed by atoms with E-state index in [1.807, 2.05) is 0 Å². The summed E-state index contributed by atoms with van der Waals surface area (Å²) >= 11 is 3.18. The third kappa shape index (κ3) is 2.38. The number of rotatable bonds is 2. The fourth-order valence-electron chi connectivity index (χ4n) is 0.989. The first-order chi connectivity index (χ1) is 7.25. The van der Waals surface area contributed by atoms with E-state index in [4.69, 9.17) is 0 Å². The molecule has 7 heteroatoms. The zero-order chi connectivity index (χ0) is 10.7. The molecular formula is C8H6BrN5O. The number of hydrogen-bond acceptors (Lipinski definition) is 4. The van der Waals surface area contributed by atoms with E-state index in [1.54, 1.807) is 18.3 Å². The first-order valence-electron chi connectivity index (χ1n) is 4.04. The molecule has 2 aromatic rings. The van der Waals surface area contributed by atoms with Gasteiger partial charge in [0.2, 0.25) is 5.95 Å². The number of pyridine rings is 1. The van der Waals surface area contributed by atoms with Gasteiger partial charge in [0.15, 0.2) is 0 Å². The van der Waals surface area contributed by atoms with Crippen molar-refractivity contribution in [2.45, 2.75) is 0 Å². The van der Waals surface area contributed by atoms with Crippen molar-refractivity contribution >= 4 is 27.8 Å². The molecule has 1 amide bonds. The van der Waals surface area contributed by atoms with Crippen molar-refractivity contribution in [2.24, 2.45) is 0 Å². The predicted molar refractivity (Wildman–Crippen MR) is 56.3 cm³/mol. The first kappa shape index (κ1) is 9.78. The molecule has 15 heavy (non-hydrogen) atoms. The van der Waals surface area contributed by atoms with Gasteiger partial charge >= 0.3 is 0 Å². The Kier molecular flexibility index (Phi) is 2.72. The topological polar surface area (TPSA) is 83.6 Å². The number of halogens is 1. The minimum atomic E-state index is -0.269. The smallest absolute Gasteiger partial charge is 0.258 e. The number of nitrogens with one attached hydrogen (secondary N) is 2. The number of carbonyl (C=O) groups is 1. The fraction of sp³-hybridized carbons (Fsp3) is 0. The zero-order valence-electron chi connectivity index (χ0n) is 7.44. The molecule has 0 aliphatic rings. The molecule has 0 unspecified atom stereocenters. The molecule has 0 saturated heterocycles. The highest BCUT2D eigenvalue weighted by molar-refractivity contribution is 9.10. The van der Waals surface area contributed by atoms with Crippen LogP contribution >= 0.6 is 15.9 Å². The van der Waals surface area contributed by atoms with E-state index >= 15 is 0 Å². The lowest BCUT2D eigenvalue weighted by Gasteiger charge is -2.00. The second-order valence-corrected chi connectivity index (χ2v) is 3.47. The van der Waals surface area contributed by atoms with Crippen LogP contribution < -0.4 is 5.32 Å². The highest BCUT2D eigenvalue weighted by atomic mass is 79.9. The lowest BCUT2D eigenvalue weighted by atomic mass is 10.2. The molecule has 76 valence electrons. The van der Waals surface area contributed by atoms with Crippen molar-refractivity contribution < 1.29 is 4.79 Å². The average Bonchev–Trinajstić information content (AvgIpc) is 2.70. The molecule has 2 rings (SSSR count). The number of hydrogen-bond donors (Lipinski definition) is 2. The number of anilines is 1. The SMILES string of the molecule is O=C(Nc1ncn[nH]1)c1ccnc(Br)c1. The number of nitrogens with zero attached hydrogens (tertiary/aromatic N) is 3. The minimum Gasteiger partial charge on any atom is -0.291 e. The molecular weight excluding hydrogens is 262 g/mol. The van der Waals surface area contributed by atoms with Crippen LogP contribution in [0.15, 0.2) is 29.3 Å². The number of amides is 1. The molecule has 0 atom stereocenters. The largest absolute Gasteiger partial charge is 0.291 e. The molecule has 0 spiro atoms. The normalized spacial score (nSPS) is 9.93. The van der Waals surface area contributed by atoms with Crippen molar-refractivity contribution in [1.82, 2.24) is 20.2 Å². The number of carbonyl (C=O) groups excluding carboxylic acids is 1. The molecule has 0 aliphatic heterocycles. The summed E-state index contributed by atoms with van der Waals surface area (Å²) in [7, 11) is 0. The van der Waals surface area contributed by atoms with Gasteiger partial charge in [-0.1, -0.05) is 0 Å². The Morgan fingerprint density at radius 1 is 1.47 bits per heavy atom. The van der Waals surface area contributed by atoms with E-state index in [2.05, 4.69) is 41.4 Å². The molecule has 0 aromatic carbocycles. The zero-order valence-corrected chi connectivity index (χ0v) is 9.02. The van der Waals surface area contributed by atoms with Gasteiger partial charge in [0, 0.05) is 11.8 Å². The summed E-state index contributed by atoms with van der Waals surface area (Å²) in [6, 6.07) is 3.22. The van der Waals surface area contributed by atoms with Gasteiger partial charge in [0.05, 0.1) is 0 Å². The van der Waals surface area contributed by atoms with Crippen LogP contribution in [0.5, 0.6) is 0 Å². The molecule has 0 saturated carbocycles. The van der Waals surface area contributed by atoms with Gasteiger partial charge in [-0.25, -0.2) is 10.1 Å². The maximum atomic E-state index is 11.6. The Bertz CT molecular complexity index is 470. The molecule has 2 aromatic heterocycles. The standard InChI is InChI=1S/C8H6BrN5O/c9-6-3-5(1-2-10-6)7(15)13-8-11-4-12-14-8/h1-4H,(H2,11,12,13,14,15). The maximum absolute atomic E-state index is 11.6. The quantitative estimate of drug-likeness (QED) is 0.802. The number of aromatic amines is 1. The van der Waals surface area contributed by atoms with Gasteiger partial charge in [0.1, 0.15) is 10.9 Å². The van der Waals surface area contributed by atoms with Crippen LogP contribution in [0.4, 0.5) is 5.95 Å². The summed E-state index contributed by atoms with van der Waals surface area (Å²) in [5, 5.41) is 8.69. The average molecular weight is 268 g/mol. The Hall–Kier alpha value is -1.76. The van der Waals surface area contributed by atoms with Crippen LogP contribution in [0.2, 0.25) is 0 Å². The Morgan fingerprint density at radius 2 is 2.33 bits per heavy atom. The molecule has 0 aliphatic carbocycles. The summed E-state index contributed by atoms with van der Waals surface area (Å²) in [6.07, 6.45) is 2.86. The van der Waals surface area contributed by atoms with Crippen LogP contribution in [0, 0.1) is 0 Å². The summed E-state index contributed by atoms with van der Waals surface area (Å²) < 4.78 is 0.604. The third-order valence-electron chi connectivity index (χ3n) is 1.64. The Labute approximate surface area is 93.3 Å². The highest BCUT2D eigenvalue weighted by Gasteiger charge is 2.07. The number of aromatic nitrogens is 4. The lowest BCUT2D eigenvalue weighted by Crippen LogP contribution is -2.13. The summed E-state index contributed by atoms with van der Waals surface area (Å²) in [4.78, 5) is 19.3. The van der Waals surface area contributed by atoms with Crippen LogP contribution in [-0.2, 0) is 0 Å². The van der Waals surface area contributed by atoms with E-state index in [0.29, 0.717) is 16.1 Å². The Morgan fingerprint density at radius 3 is 3.00 bits per heavy atom. The summed E-state index contributed by atoms with van der Waals surface area (Å²) in [5.41, 5.74) is 0.494. The van der Waals surface area contributed by atoms with Gasteiger partial charge in [-0.3, -0.25) is 10.1 Å². The molecule has 0 fully saturated rings. The Balaban J connectivity index is 2.15. The van der Waals surface area contributed by atoms with Crippen LogP contribution in [-0.4, -0.2) is 26.1 Å². The van der Waals surface area contributed by atoms with Crippen molar-refractivity contribution in [1.29, 1.82) is 0 Å². The second kappa shape index (κ2) is 4.18. The minimum absolute atomic E-state index is 0.269. The van der Waals surface area contributed by atoms with Crippen LogP contribution in [0.25, 0.3) is 0 Å². The van der Waals surface area contributed by atoms with E-state index in [9.17, 15) is 4.79 Å². The summed E-state index contributed by atoms with van der Waals surface area (Å²) in [5.74, 6) is 0.0442. The van der Waals surface area contributed by atoms with E-state index < -0.39 is 0 Å². The van der Waals surface area contributed by atoms with E-state index in [-0.39, 0.29) is 5.91 Å². The van der Waals surface area contributed by atoms with Gasteiger partial charge in [-0.2, -0.15) is 10.1 Å². The van der Waals surface area contributed by atoms with Crippen molar-refractivity contribution in [3.63, 3.8) is 0 Å². The predicted octanol–water partition coefficient (Wildman–Crippen LogP) is 1.21. The van der Waals surface area contributed by atoms with Gasteiger partial charge in [-0.15, -0.1) is 0 Å². The number of H-pyrrole nitrogens is 1. The molecule has 2 heterocycles. The molecule has 2 N–H and O–H groups in total. The van der Waals surface area contributed by atoms with Crippen molar-refractivity contribution in [2.75, 3.05) is 5.32 Å². The van der Waals surface area contributed by atoms with Gasteiger partial charge < -0.3 is 0 Å². The van der Waals surface area contributed by atoms with Crippen molar-refractivity contribution in [3.05, 3.63) is 34.8 Å². The molecule has 6 nitrogen and oxygen atoms in total. The highest BCUT2D eigenvalue weighted by Crippen LogP contribution is 2.09. The fourth-order valence-corrected chi connectivity index (χ4v) is 1.35. The van der Waals surface area contributed by atoms with E-state index in [0.717, 1.165) is 0 Å². The molecule has 0 radical (unpaired) electrons. The lowest BCUT2D eigenvalue weighted by molar-refractivity contribution is 0.102. The van der Waals surface area contributed by atoms with Crippen LogP contribution in [0.1, 0.15) is 10.4 Å². The van der Waals surface area contributed by atoms with E-state index in [1.165, 1.54) is 6.33 Å². The monoisotopic (exact) mass is 267 g/mol.